The van der Waals surface area contributed by atoms with Gasteiger partial charge < -0.3 is 20.9 Å². The molecule has 1 aromatic carbocycles. The monoisotopic (exact) mass is 310 g/mol. The predicted molar refractivity (Wildman–Crippen MR) is 80.8 cm³/mol. The third kappa shape index (κ3) is 4.76. The second-order valence-corrected chi connectivity index (χ2v) is 5.90. The summed E-state index contributed by atoms with van der Waals surface area (Å²) in [7, 11) is 0. The van der Waals surface area contributed by atoms with Crippen LogP contribution in [-0.4, -0.2) is 42.9 Å². The molecule has 0 aliphatic carbocycles. The number of rotatable bonds is 7. The second kappa shape index (κ2) is 7.67. The van der Waals surface area contributed by atoms with Crippen LogP contribution in [0, 0.1) is 5.82 Å². The van der Waals surface area contributed by atoms with Gasteiger partial charge in [-0.3, -0.25) is 4.79 Å². The maximum absolute atomic E-state index is 12.9. The smallest absolute Gasteiger partial charge is 0.220 e. The average Bonchev–Trinajstić information content (AvgIpc) is 2.95. The minimum absolute atomic E-state index is 0.0997. The summed E-state index contributed by atoms with van der Waals surface area (Å²) in [4.78, 5) is 11.9. The zero-order chi connectivity index (χ0) is 16.0. The molecule has 1 aliphatic heterocycles. The Bertz CT molecular complexity index is 487. The third-order valence-corrected chi connectivity index (χ3v) is 4.09. The van der Waals surface area contributed by atoms with E-state index in [9.17, 15) is 14.3 Å². The van der Waals surface area contributed by atoms with Gasteiger partial charge in [-0.05, 0) is 30.5 Å². The Hall–Kier alpha value is -1.50. The molecule has 0 radical (unpaired) electrons. The molecule has 2 rings (SSSR count). The van der Waals surface area contributed by atoms with E-state index in [0.29, 0.717) is 32.6 Å². The highest BCUT2D eigenvalue weighted by molar-refractivity contribution is 5.76. The van der Waals surface area contributed by atoms with E-state index in [2.05, 4.69) is 5.32 Å². The number of ether oxygens (including phenoxy) is 1. The summed E-state index contributed by atoms with van der Waals surface area (Å²) in [5.74, 6) is -0.667. The Labute approximate surface area is 129 Å². The molecule has 0 aromatic heterocycles. The van der Waals surface area contributed by atoms with Crippen LogP contribution < -0.4 is 11.1 Å². The third-order valence-electron chi connectivity index (χ3n) is 4.09. The number of carbonyl (C=O) groups is 1. The Morgan fingerprint density at radius 3 is 2.77 bits per heavy atom. The number of aliphatic hydroxyl groups is 1. The molecule has 2 unspecified atom stereocenters. The van der Waals surface area contributed by atoms with Gasteiger partial charge in [0.1, 0.15) is 5.82 Å². The number of carbonyl (C=O) groups excluding carboxylic acids is 1. The Balaban J connectivity index is 1.77. The lowest BCUT2D eigenvalue weighted by Crippen LogP contribution is -2.41. The van der Waals surface area contributed by atoms with Gasteiger partial charge in [-0.2, -0.15) is 0 Å². The number of aliphatic hydroxyl groups excluding tert-OH is 1. The van der Waals surface area contributed by atoms with E-state index in [4.69, 9.17) is 10.5 Å². The van der Waals surface area contributed by atoms with Crippen molar-refractivity contribution >= 4 is 5.91 Å². The van der Waals surface area contributed by atoms with Crippen molar-refractivity contribution in [1.82, 2.24) is 5.32 Å². The topological polar surface area (TPSA) is 84.6 Å². The van der Waals surface area contributed by atoms with E-state index < -0.39 is 5.54 Å². The quantitative estimate of drug-likeness (QED) is 0.699. The molecular formula is C16H23FN2O3. The van der Waals surface area contributed by atoms with Crippen molar-refractivity contribution in [1.29, 1.82) is 0 Å². The average molecular weight is 310 g/mol. The van der Waals surface area contributed by atoms with Gasteiger partial charge in [0.05, 0.1) is 13.2 Å². The molecule has 1 aromatic rings. The van der Waals surface area contributed by atoms with Crippen molar-refractivity contribution in [2.24, 2.45) is 5.73 Å². The highest BCUT2D eigenvalue weighted by atomic mass is 19.1. The van der Waals surface area contributed by atoms with Crippen LogP contribution in [0.4, 0.5) is 4.39 Å². The molecular weight excluding hydrogens is 287 g/mol. The Morgan fingerprint density at radius 1 is 1.45 bits per heavy atom. The van der Waals surface area contributed by atoms with Crippen molar-refractivity contribution in [3.05, 3.63) is 35.6 Å². The number of nitrogens with one attached hydrogen (secondary N) is 1. The van der Waals surface area contributed by atoms with Crippen LogP contribution >= 0.6 is 0 Å². The predicted octanol–water partition coefficient (Wildman–Crippen LogP) is 0.916. The van der Waals surface area contributed by atoms with Gasteiger partial charge in [-0.1, -0.05) is 12.1 Å². The first-order valence-corrected chi connectivity index (χ1v) is 7.52. The van der Waals surface area contributed by atoms with E-state index in [-0.39, 0.29) is 24.2 Å². The largest absolute Gasteiger partial charge is 0.396 e. The first kappa shape index (κ1) is 16.9. The number of hydrogen-bond donors (Lipinski definition) is 3. The summed E-state index contributed by atoms with van der Waals surface area (Å²) >= 11 is 0. The van der Waals surface area contributed by atoms with Crippen LogP contribution in [-0.2, 0) is 9.53 Å². The van der Waals surface area contributed by atoms with Crippen LogP contribution in [0.15, 0.2) is 24.3 Å². The number of nitrogens with two attached hydrogens (primary N) is 1. The highest BCUT2D eigenvalue weighted by Gasteiger charge is 2.30. The molecule has 1 aliphatic rings. The first-order chi connectivity index (χ1) is 10.5. The zero-order valence-electron chi connectivity index (χ0n) is 12.6. The van der Waals surface area contributed by atoms with Crippen LogP contribution in [0.2, 0.25) is 0 Å². The summed E-state index contributed by atoms with van der Waals surface area (Å²) in [5, 5.41) is 12.2. The molecule has 1 fully saturated rings. The van der Waals surface area contributed by atoms with Crippen molar-refractivity contribution in [2.45, 2.75) is 30.7 Å². The minimum atomic E-state index is -0.398. The molecule has 2 atom stereocenters. The molecule has 1 heterocycles. The van der Waals surface area contributed by atoms with Crippen LogP contribution in [0.3, 0.4) is 0 Å². The van der Waals surface area contributed by atoms with Gasteiger partial charge in [0.15, 0.2) is 0 Å². The lowest BCUT2D eigenvalue weighted by molar-refractivity contribution is -0.121. The van der Waals surface area contributed by atoms with Crippen LogP contribution in [0.25, 0.3) is 0 Å². The zero-order valence-corrected chi connectivity index (χ0v) is 12.6. The summed E-state index contributed by atoms with van der Waals surface area (Å²) in [6.45, 7) is 1.35. The summed E-state index contributed by atoms with van der Waals surface area (Å²) in [5.41, 5.74) is 6.51. The van der Waals surface area contributed by atoms with E-state index in [1.54, 1.807) is 12.1 Å². The molecule has 1 amide bonds. The summed E-state index contributed by atoms with van der Waals surface area (Å²) in [6.07, 6.45) is 1.69. The SMILES string of the molecule is NC1(CCC(=O)NCC(CO)c2ccc(F)cc2)CCOC1. The standard InChI is InChI=1S/C16H23FN2O3/c17-14-3-1-12(2-4-14)13(10-20)9-19-15(21)5-6-16(18)7-8-22-11-16/h1-4,13,20H,5-11,18H2,(H,19,21). The van der Waals surface area contributed by atoms with Crippen molar-refractivity contribution in [3.8, 4) is 0 Å². The maximum Gasteiger partial charge on any atom is 0.220 e. The van der Waals surface area contributed by atoms with Gasteiger partial charge in [0.2, 0.25) is 5.91 Å². The van der Waals surface area contributed by atoms with Gasteiger partial charge in [0.25, 0.3) is 0 Å². The number of halogens is 1. The van der Waals surface area contributed by atoms with Crippen molar-refractivity contribution < 1.29 is 19.0 Å². The van der Waals surface area contributed by atoms with Gasteiger partial charge in [-0.15, -0.1) is 0 Å². The molecule has 0 bridgehead atoms. The number of hydrogen-bond acceptors (Lipinski definition) is 4. The van der Waals surface area contributed by atoms with Gasteiger partial charge in [-0.25, -0.2) is 4.39 Å². The normalized spacial score (nSPS) is 22.5. The maximum atomic E-state index is 12.9. The molecule has 4 N–H and O–H groups in total. The summed E-state index contributed by atoms with van der Waals surface area (Å²) < 4.78 is 18.2. The molecule has 0 saturated carbocycles. The first-order valence-electron chi connectivity index (χ1n) is 7.52. The summed E-state index contributed by atoms with van der Waals surface area (Å²) in [6, 6.07) is 5.93. The fraction of sp³-hybridized carbons (Fsp3) is 0.562. The van der Waals surface area contributed by atoms with Gasteiger partial charge in [0, 0.05) is 31.0 Å². The lowest BCUT2D eigenvalue weighted by Gasteiger charge is -2.21. The molecule has 5 nitrogen and oxygen atoms in total. The Morgan fingerprint density at radius 2 is 2.18 bits per heavy atom. The molecule has 22 heavy (non-hydrogen) atoms. The molecule has 122 valence electrons. The Kier molecular flexibility index (Phi) is 5.88. The fourth-order valence-corrected chi connectivity index (χ4v) is 2.53. The van der Waals surface area contributed by atoms with Crippen LogP contribution in [0.1, 0.15) is 30.7 Å². The molecule has 1 saturated heterocycles. The van der Waals surface area contributed by atoms with E-state index in [0.717, 1.165) is 12.0 Å². The van der Waals surface area contributed by atoms with Gasteiger partial charge >= 0.3 is 0 Å². The number of benzene rings is 1. The second-order valence-electron chi connectivity index (χ2n) is 5.90. The minimum Gasteiger partial charge on any atom is -0.396 e. The van der Waals surface area contributed by atoms with E-state index in [1.807, 2.05) is 0 Å². The van der Waals surface area contributed by atoms with Crippen molar-refractivity contribution in [2.75, 3.05) is 26.4 Å². The highest BCUT2D eigenvalue weighted by Crippen LogP contribution is 2.21. The van der Waals surface area contributed by atoms with Crippen LogP contribution in [0.5, 0.6) is 0 Å². The molecule has 0 spiro atoms. The number of amides is 1. The van der Waals surface area contributed by atoms with E-state index in [1.165, 1.54) is 12.1 Å². The lowest BCUT2D eigenvalue weighted by atomic mass is 9.93. The van der Waals surface area contributed by atoms with E-state index >= 15 is 0 Å². The van der Waals surface area contributed by atoms with Crippen molar-refractivity contribution in [3.63, 3.8) is 0 Å². The molecule has 6 heteroatoms. The fourth-order valence-electron chi connectivity index (χ4n) is 2.53.